The fourth-order valence-electron chi connectivity index (χ4n) is 2.72. The lowest BCUT2D eigenvalue weighted by molar-refractivity contribution is -0.141. The number of nitrogens with one attached hydrogen (secondary N) is 1. The van der Waals surface area contributed by atoms with Crippen LogP contribution in [-0.4, -0.2) is 23.3 Å². The van der Waals surface area contributed by atoms with Crippen LogP contribution in [0.1, 0.15) is 5.69 Å². The molecular weight excluding hydrogens is 437 g/mol. The maximum absolute atomic E-state index is 13.2. The van der Waals surface area contributed by atoms with Gasteiger partial charge in [0.1, 0.15) is 0 Å². The van der Waals surface area contributed by atoms with Crippen molar-refractivity contribution in [3.8, 4) is 21.7 Å². The largest absolute Gasteiger partial charge is 0.435 e. The lowest BCUT2D eigenvalue weighted by Gasteiger charge is -2.11. The summed E-state index contributed by atoms with van der Waals surface area (Å²) in [6, 6.07) is 14.8. The van der Waals surface area contributed by atoms with Crippen molar-refractivity contribution in [3.63, 3.8) is 0 Å². The number of alkyl halides is 3. The molecule has 0 aliphatic carbocycles. The highest BCUT2D eigenvalue weighted by Gasteiger charge is 2.35. The number of nitrogens with zero attached hydrogens (tertiary/aromatic N) is 3. The Morgan fingerprint density at radius 1 is 0.967 bits per heavy atom. The summed E-state index contributed by atoms with van der Waals surface area (Å²) in [6.45, 7) is 0. The smallest absolute Gasteiger partial charge is 0.252 e. The van der Waals surface area contributed by atoms with Crippen molar-refractivity contribution in [2.24, 2.45) is 0 Å². The highest BCUT2D eigenvalue weighted by atomic mass is 32.2. The Bertz CT molecular complexity index is 1250. The van der Waals surface area contributed by atoms with E-state index in [-0.39, 0.29) is 10.6 Å². The third kappa shape index (κ3) is 4.07. The van der Waals surface area contributed by atoms with E-state index < -0.39 is 21.9 Å². The van der Waals surface area contributed by atoms with Crippen LogP contribution < -0.4 is 4.83 Å². The molecule has 0 aliphatic rings. The molecule has 2 heterocycles. The zero-order valence-electron chi connectivity index (χ0n) is 15.0. The first-order valence-corrected chi connectivity index (χ1v) is 10.8. The van der Waals surface area contributed by atoms with Gasteiger partial charge in [-0.2, -0.15) is 31.2 Å². The predicted octanol–water partition coefficient (Wildman–Crippen LogP) is 4.62. The maximum atomic E-state index is 13.2. The van der Waals surface area contributed by atoms with Crippen LogP contribution in [0.5, 0.6) is 0 Å². The molecule has 0 aliphatic heterocycles. The van der Waals surface area contributed by atoms with E-state index in [1.165, 1.54) is 35.6 Å². The van der Waals surface area contributed by atoms with Gasteiger partial charge in [-0.1, -0.05) is 42.5 Å². The molecule has 1 N–H and O–H groups in total. The molecule has 6 nitrogen and oxygen atoms in total. The lowest BCUT2D eigenvalue weighted by Crippen LogP contribution is -2.25. The molecule has 0 saturated carbocycles. The zero-order valence-corrected chi connectivity index (χ0v) is 16.7. The van der Waals surface area contributed by atoms with Gasteiger partial charge in [-0.25, -0.2) is 0 Å². The Morgan fingerprint density at radius 3 is 2.23 bits per heavy atom. The molecular formula is C19H13F3N4O2S2. The van der Waals surface area contributed by atoms with Gasteiger partial charge >= 0.3 is 6.18 Å². The molecule has 11 heteroatoms. The second-order valence-electron chi connectivity index (χ2n) is 6.18. The molecule has 0 atom stereocenters. The van der Waals surface area contributed by atoms with Crippen molar-refractivity contribution in [2.45, 2.75) is 11.1 Å². The van der Waals surface area contributed by atoms with Gasteiger partial charge in [-0.15, -0.1) is 16.4 Å². The maximum Gasteiger partial charge on any atom is 0.435 e. The van der Waals surface area contributed by atoms with Gasteiger partial charge in [0.2, 0.25) is 0 Å². The zero-order chi connectivity index (χ0) is 21.4. The predicted molar refractivity (Wildman–Crippen MR) is 107 cm³/mol. The van der Waals surface area contributed by atoms with E-state index in [1.54, 1.807) is 42.0 Å². The highest BCUT2D eigenvalue weighted by molar-refractivity contribution is 7.92. The second kappa shape index (κ2) is 7.58. The Labute approximate surface area is 173 Å². The molecule has 154 valence electrons. The van der Waals surface area contributed by atoms with Gasteiger partial charge in [0.25, 0.3) is 10.0 Å². The van der Waals surface area contributed by atoms with Crippen LogP contribution >= 0.6 is 11.3 Å². The quantitative estimate of drug-likeness (QED) is 0.481. The summed E-state index contributed by atoms with van der Waals surface area (Å²) in [5.74, 6) is 0. The van der Waals surface area contributed by atoms with Crippen LogP contribution in [0.15, 0.2) is 77.3 Å². The molecule has 0 radical (unpaired) electrons. The van der Waals surface area contributed by atoms with Gasteiger partial charge in [0, 0.05) is 11.8 Å². The van der Waals surface area contributed by atoms with Crippen molar-refractivity contribution >= 4 is 21.4 Å². The topological polar surface area (TPSA) is 76.9 Å². The SMILES string of the molecule is O=S(=O)(Nn1nc(C(F)(F)F)cc1-c1ccc(-c2cncs2)cc1)c1ccccc1. The second-order valence-corrected chi connectivity index (χ2v) is 8.72. The van der Waals surface area contributed by atoms with Crippen LogP contribution in [-0.2, 0) is 16.2 Å². The summed E-state index contributed by atoms with van der Waals surface area (Å²) in [4.78, 5) is 7.54. The third-order valence-corrected chi connectivity index (χ3v) is 6.29. The first-order chi connectivity index (χ1) is 14.2. The molecule has 2 aromatic heterocycles. The first-order valence-electron chi connectivity index (χ1n) is 8.48. The average Bonchev–Trinajstić information content (AvgIpc) is 3.38. The molecule has 0 spiro atoms. The molecule has 0 bridgehead atoms. The summed E-state index contributed by atoms with van der Waals surface area (Å²) in [5.41, 5.74) is 1.62. The summed E-state index contributed by atoms with van der Waals surface area (Å²) in [6.07, 6.45) is -3.06. The summed E-state index contributed by atoms with van der Waals surface area (Å²) < 4.78 is 64.9. The Balaban J connectivity index is 1.75. The van der Waals surface area contributed by atoms with E-state index in [0.29, 0.717) is 10.4 Å². The monoisotopic (exact) mass is 450 g/mol. The normalized spacial score (nSPS) is 12.1. The van der Waals surface area contributed by atoms with Crippen LogP contribution in [0.3, 0.4) is 0 Å². The van der Waals surface area contributed by atoms with E-state index in [9.17, 15) is 21.6 Å². The molecule has 0 fully saturated rings. The van der Waals surface area contributed by atoms with Crippen molar-refractivity contribution in [2.75, 3.05) is 4.83 Å². The number of aromatic nitrogens is 3. The number of halogens is 3. The highest BCUT2D eigenvalue weighted by Crippen LogP contribution is 2.33. The number of hydrogen-bond acceptors (Lipinski definition) is 5. The molecule has 0 unspecified atom stereocenters. The fraction of sp³-hybridized carbons (Fsp3) is 0.0526. The molecule has 2 aromatic carbocycles. The summed E-state index contributed by atoms with van der Waals surface area (Å²) in [5, 5.41) is 3.43. The van der Waals surface area contributed by atoms with E-state index in [1.807, 2.05) is 0 Å². The van der Waals surface area contributed by atoms with Gasteiger partial charge in [0.05, 0.1) is 21.0 Å². The minimum Gasteiger partial charge on any atom is -0.252 e. The number of rotatable bonds is 5. The number of thiazole rings is 1. The van der Waals surface area contributed by atoms with Crippen LogP contribution in [0.4, 0.5) is 13.2 Å². The van der Waals surface area contributed by atoms with E-state index in [4.69, 9.17) is 0 Å². The van der Waals surface area contributed by atoms with Gasteiger partial charge < -0.3 is 0 Å². The van der Waals surface area contributed by atoms with E-state index >= 15 is 0 Å². The van der Waals surface area contributed by atoms with Crippen LogP contribution in [0.2, 0.25) is 0 Å². The van der Waals surface area contributed by atoms with Gasteiger partial charge in [-0.05, 0) is 23.8 Å². The lowest BCUT2D eigenvalue weighted by atomic mass is 10.1. The van der Waals surface area contributed by atoms with Crippen LogP contribution in [0, 0.1) is 0 Å². The minimum absolute atomic E-state index is 0.0438. The number of benzene rings is 2. The Morgan fingerprint density at radius 2 is 1.63 bits per heavy atom. The van der Waals surface area contributed by atoms with Gasteiger partial charge in [-0.3, -0.25) is 4.98 Å². The molecule has 0 saturated heterocycles. The fourth-order valence-corrected chi connectivity index (χ4v) is 4.34. The van der Waals surface area contributed by atoms with Crippen molar-refractivity contribution in [1.82, 2.24) is 14.9 Å². The standard InChI is InChI=1S/C19H13F3N4O2S2/c20-19(21,22)18-10-16(13-6-8-14(9-7-13)17-11-23-12-29-17)26(24-18)25-30(27,28)15-4-2-1-3-5-15/h1-12,25H. The van der Waals surface area contributed by atoms with Gasteiger partial charge in [0.15, 0.2) is 5.69 Å². The number of hydrogen-bond donors (Lipinski definition) is 1. The van der Waals surface area contributed by atoms with E-state index in [2.05, 4.69) is 14.9 Å². The van der Waals surface area contributed by atoms with E-state index in [0.717, 1.165) is 16.5 Å². The first kappa shape index (κ1) is 20.1. The molecule has 4 aromatic rings. The van der Waals surface area contributed by atoms with Crippen molar-refractivity contribution < 1.29 is 21.6 Å². The third-order valence-electron chi connectivity index (χ3n) is 4.16. The molecule has 0 amide bonds. The Kier molecular flexibility index (Phi) is 5.08. The summed E-state index contributed by atoms with van der Waals surface area (Å²) >= 11 is 1.42. The number of sulfonamides is 1. The van der Waals surface area contributed by atoms with Crippen molar-refractivity contribution in [1.29, 1.82) is 0 Å². The average molecular weight is 450 g/mol. The van der Waals surface area contributed by atoms with Crippen molar-refractivity contribution in [3.05, 3.63) is 78.1 Å². The molecule has 4 rings (SSSR count). The molecule has 30 heavy (non-hydrogen) atoms. The summed E-state index contributed by atoms with van der Waals surface area (Å²) in [7, 11) is -4.14. The minimum atomic E-state index is -4.74. The Hall–Kier alpha value is -3.18. The van der Waals surface area contributed by atoms with Crippen LogP contribution in [0.25, 0.3) is 21.7 Å².